The summed E-state index contributed by atoms with van der Waals surface area (Å²) < 4.78 is 16.6. The third-order valence-corrected chi connectivity index (χ3v) is 7.98. The first-order chi connectivity index (χ1) is 19.9. The lowest BCUT2D eigenvalue weighted by Crippen LogP contribution is -2.46. The highest BCUT2D eigenvalue weighted by molar-refractivity contribution is 6.20. The predicted octanol–water partition coefficient (Wildman–Crippen LogP) is 4.18. The van der Waals surface area contributed by atoms with Crippen LogP contribution in [0.4, 0.5) is 11.4 Å². The highest BCUT2D eigenvalue weighted by Gasteiger charge is 2.39. The molecule has 11 heteroatoms. The van der Waals surface area contributed by atoms with E-state index < -0.39 is 5.97 Å². The van der Waals surface area contributed by atoms with Crippen molar-refractivity contribution in [3.8, 4) is 28.5 Å². The van der Waals surface area contributed by atoms with Gasteiger partial charge in [0.25, 0.3) is 0 Å². The maximum Gasteiger partial charge on any atom is 0.339 e. The van der Waals surface area contributed by atoms with Gasteiger partial charge in [0.2, 0.25) is 5.88 Å². The standard InChI is InChI=1S/C30H30N6O5/c1-34-8-11-36(12-9-34)13-10-35(2)19-6-4-18(5-7-19)32-25-22-15-20-26(41-27(20)28(25)40-22)23-24-21(33-29(23)37)14-17(16-31-24)30(38)39-3/h4-7,14-16,33,37H,8-13H2,1-3H3. The number of nitrogens with one attached hydrogen (secondary N) is 1. The molecule has 0 amide bonds. The predicted molar refractivity (Wildman–Crippen MR) is 155 cm³/mol. The Balaban J connectivity index is 1.07. The zero-order valence-corrected chi connectivity index (χ0v) is 23.1. The van der Waals surface area contributed by atoms with E-state index in [2.05, 4.69) is 50.9 Å². The fourth-order valence-corrected chi connectivity index (χ4v) is 5.42. The number of fused-ring (bicyclic) bond motifs is 1. The van der Waals surface area contributed by atoms with Gasteiger partial charge < -0.3 is 33.5 Å². The summed E-state index contributed by atoms with van der Waals surface area (Å²) in [6.07, 6.45) is 1.41. The van der Waals surface area contributed by atoms with E-state index in [1.54, 1.807) is 6.07 Å². The number of aliphatic imine (C=N–C) groups is 1. The van der Waals surface area contributed by atoms with Crippen molar-refractivity contribution < 1.29 is 23.5 Å². The smallest absolute Gasteiger partial charge is 0.339 e. The summed E-state index contributed by atoms with van der Waals surface area (Å²) in [7, 11) is 5.60. The summed E-state index contributed by atoms with van der Waals surface area (Å²) in [5.41, 5.74) is 5.23. The van der Waals surface area contributed by atoms with Crippen molar-refractivity contribution in [2.24, 2.45) is 4.99 Å². The lowest BCUT2D eigenvalue weighted by Gasteiger charge is -2.33. The van der Waals surface area contributed by atoms with Crippen molar-refractivity contribution in [3.63, 3.8) is 0 Å². The molecule has 4 aliphatic heterocycles. The molecule has 41 heavy (non-hydrogen) atoms. The van der Waals surface area contributed by atoms with Crippen LogP contribution < -0.4 is 4.90 Å². The quantitative estimate of drug-likeness (QED) is 0.280. The van der Waals surface area contributed by atoms with Crippen molar-refractivity contribution in [3.05, 3.63) is 59.7 Å². The number of benzene rings is 1. The molecular weight excluding hydrogens is 524 g/mol. The molecule has 3 aromatic rings. The van der Waals surface area contributed by atoms with Gasteiger partial charge in [-0.2, -0.15) is 0 Å². The Morgan fingerprint density at radius 1 is 1.12 bits per heavy atom. The Hall–Kier alpha value is -4.61. The van der Waals surface area contributed by atoms with Crippen LogP contribution in [0.1, 0.15) is 21.9 Å². The summed E-state index contributed by atoms with van der Waals surface area (Å²) in [5, 5.41) is 10.6. The molecule has 2 bridgehead atoms. The van der Waals surface area contributed by atoms with Gasteiger partial charge in [0.05, 0.1) is 29.4 Å². The maximum absolute atomic E-state index is 11.9. The van der Waals surface area contributed by atoms with Gasteiger partial charge in [-0.1, -0.05) is 0 Å². The van der Waals surface area contributed by atoms with Crippen molar-refractivity contribution in [2.45, 2.75) is 0 Å². The molecule has 2 N–H and O–H groups in total. The Kier molecular flexibility index (Phi) is 6.06. The molecule has 0 atom stereocenters. The molecule has 1 saturated heterocycles. The second-order valence-corrected chi connectivity index (χ2v) is 10.6. The van der Waals surface area contributed by atoms with E-state index in [1.165, 1.54) is 13.3 Å². The van der Waals surface area contributed by atoms with Crippen LogP contribution in [0.5, 0.6) is 5.88 Å². The van der Waals surface area contributed by atoms with E-state index in [-0.39, 0.29) is 11.4 Å². The largest absolute Gasteiger partial charge is 0.494 e. The van der Waals surface area contributed by atoms with Crippen LogP contribution in [0.15, 0.2) is 56.4 Å². The van der Waals surface area contributed by atoms with Crippen LogP contribution in [0.2, 0.25) is 0 Å². The first-order valence-corrected chi connectivity index (χ1v) is 13.6. The lowest BCUT2D eigenvalue weighted by molar-refractivity contribution is 0.0600. The van der Waals surface area contributed by atoms with Gasteiger partial charge in [-0.05, 0) is 43.4 Å². The van der Waals surface area contributed by atoms with E-state index in [4.69, 9.17) is 18.6 Å². The molecule has 6 heterocycles. The summed E-state index contributed by atoms with van der Waals surface area (Å²) in [4.78, 5) is 31.1. The molecule has 1 fully saturated rings. The fourth-order valence-electron chi connectivity index (χ4n) is 5.42. The van der Waals surface area contributed by atoms with E-state index in [0.29, 0.717) is 39.6 Å². The number of esters is 1. The SMILES string of the molecule is COC(=O)c1cnc2c(C3=C4C=C5OC(=C4O3)C5=Nc3ccc(N(C)CCN4CCN(C)CC4)cc3)c(O)[nH]c2c1. The minimum absolute atomic E-state index is 0.0953. The highest BCUT2D eigenvalue weighted by atomic mass is 16.5. The second-order valence-electron chi connectivity index (χ2n) is 10.6. The topological polar surface area (TPSA) is 124 Å². The number of anilines is 1. The van der Waals surface area contributed by atoms with Gasteiger partial charge in [-0.3, -0.25) is 9.88 Å². The van der Waals surface area contributed by atoms with Gasteiger partial charge in [0.1, 0.15) is 11.1 Å². The number of aromatic nitrogens is 2. The third kappa shape index (κ3) is 4.34. The molecule has 1 aliphatic carbocycles. The van der Waals surface area contributed by atoms with Crippen LogP contribution >= 0.6 is 0 Å². The van der Waals surface area contributed by atoms with Crippen molar-refractivity contribution >= 4 is 34.1 Å². The second kappa shape index (κ2) is 9.79. The molecule has 0 radical (unpaired) electrons. The maximum atomic E-state index is 11.9. The number of H-pyrrole nitrogens is 1. The summed E-state index contributed by atoms with van der Waals surface area (Å²) in [6.45, 7) is 6.52. The summed E-state index contributed by atoms with van der Waals surface area (Å²) in [6, 6.07) is 11.6. The van der Waals surface area contributed by atoms with E-state index >= 15 is 0 Å². The molecule has 1 aromatic carbocycles. The molecule has 0 spiro atoms. The summed E-state index contributed by atoms with van der Waals surface area (Å²) >= 11 is 0. The normalized spacial score (nSPS) is 16.5. The molecule has 210 valence electrons. The van der Waals surface area contributed by atoms with Gasteiger partial charge in [-0.25, -0.2) is 9.79 Å². The number of nitrogens with zero attached hydrogens (tertiary/aromatic N) is 5. The molecule has 8 rings (SSSR count). The Morgan fingerprint density at radius 3 is 2.63 bits per heavy atom. The monoisotopic (exact) mass is 554 g/mol. The number of aromatic hydroxyl groups is 1. The zero-order chi connectivity index (χ0) is 28.2. The average Bonchev–Trinajstić information content (AvgIpc) is 3.29. The van der Waals surface area contributed by atoms with E-state index in [9.17, 15) is 9.90 Å². The van der Waals surface area contributed by atoms with Crippen LogP contribution in [0, 0.1) is 0 Å². The zero-order valence-electron chi connectivity index (χ0n) is 23.1. The number of carbonyl (C=O) groups is 1. The van der Waals surface area contributed by atoms with E-state index in [1.807, 2.05) is 18.2 Å². The molecule has 11 nitrogen and oxygen atoms in total. The number of hydrogen-bond acceptors (Lipinski definition) is 10. The van der Waals surface area contributed by atoms with Crippen LogP contribution in [-0.4, -0.2) is 97.0 Å². The number of pyridine rings is 1. The third-order valence-electron chi connectivity index (χ3n) is 7.98. The number of ether oxygens (including phenoxy) is 1. The van der Waals surface area contributed by atoms with Crippen molar-refractivity contribution in [1.82, 2.24) is 19.8 Å². The van der Waals surface area contributed by atoms with Gasteiger partial charge in [-0.15, -0.1) is 0 Å². The number of piperazine rings is 1. The van der Waals surface area contributed by atoms with Crippen LogP contribution in [0.3, 0.4) is 0 Å². The molecular formula is C30H30N6O5. The first-order valence-electron chi connectivity index (χ1n) is 13.6. The molecule has 2 aromatic heterocycles. The Labute approximate surface area is 236 Å². The van der Waals surface area contributed by atoms with Gasteiger partial charge >= 0.3 is 5.97 Å². The Bertz CT molecular complexity index is 1760. The van der Waals surface area contributed by atoms with Crippen LogP contribution in [-0.2, 0) is 4.74 Å². The summed E-state index contributed by atoms with van der Waals surface area (Å²) in [5.74, 6) is 1.69. The Morgan fingerprint density at radius 2 is 1.90 bits per heavy atom. The first kappa shape index (κ1) is 25.4. The van der Waals surface area contributed by atoms with E-state index in [0.717, 1.165) is 61.9 Å². The minimum atomic E-state index is -0.507. The average molecular weight is 555 g/mol. The van der Waals surface area contributed by atoms with Gasteiger partial charge in [0.15, 0.2) is 28.8 Å². The van der Waals surface area contributed by atoms with Crippen molar-refractivity contribution in [2.75, 3.05) is 65.4 Å². The fraction of sp³-hybridized carbons (Fsp3) is 0.300. The van der Waals surface area contributed by atoms with Gasteiger partial charge in [0, 0.05) is 58.2 Å². The molecule has 0 unspecified atom stereocenters. The lowest BCUT2D eigenvalue weighted by atomic mass is 9.93. The molecule has 5 aliphatic rings. The number of methoxy groups -OCH3 is 1. The minimum Gasteiger partial charge on any atom is -0.494 e. The molecule has 0 saturated carbocycles. The number of likely N-dealkylation sites (N-methyl/N-ethyl adjacent to an activating group) is 2. The number of carbonyl (C=O) groups excluding carboxylic acids is 1. The highest BCUT2D eigenvalue weighted by Crippen LogP contribution is 2.51. The van der Waals surface area contributed by atoms with Crippen LogP contribution in [0.25, 0.3) is 33.7 Å². The number of rotatable bonds is 7. The number of aromatic amines is 1. The van der Waals surface area contributed by atoms with Crippen molar-refractivity contribution in [1.29, 1.82) is 0 Å². The number of hydrogen-bond donors (Lipinski definition) is 2.